The molecule has 114 valence electrons. The van der Waals surface area contributed by atoms with E-state index in [1.807, 2.05) is 54.6 Å². The molecule has 0 heterocycles. The number of carbonyl (C=O) groups excluding carboxylic acids is 1. The molecule has 1 aliphatic rings. The highest BCUT2D eigenvalue weighted by Crippen LogP contribution is 2.41. The van der Waals surface area contributed by atoms with Gasteiger partial charge in [0.25, 0.3) is 5.91 Å². The number of hydrogen-bond donors (Lipinski definition) is 1. The molecule has 0 bridgehead atoms. The van der Waals surface area contributed by atoms with Crippen molar-refractivity contribution in [2.75, 3.05) is 6.61 Å². The molecule has 0 radical (unpaired) electrons. The summed E-state index contributed by atoms with van der Waals surface area (Å²) in [6.45, 7) is 0.0286. The molecule has 1 aliphatic carbocycles. The van der Waals surface area contributed by atoms with Crippen molar-refractivity contribution >= 4 is 17.5 Å². The molecule has 1 fully saturated rings. The Morgan fingerprint density at radius 1 is 1.14 bits per heavy atom. The molecule has 22 heavy (non-hydrogen) atoms. The Hall–Kier alpha value is -2.00. The van der Waals surface area contributed by atoms with E-state index in [-0.39, 0.29) is 18.6 Å². The normalized spacial score (nSPS) is 15.1. The second-order valence-corrected chi connectivity index (χ2v) is 5.97. The van der Waals surface area contributed by atoms with E-state index >= 15 is 0 Å². The van der Waals surface area contributed by atoms with Crippen LogP contribution in [0.15, 0.2) is 54.6 Å². The summed E-state index contributed by atoms with van der Waals surface area (Å²) in [6, 6.07) is 17.1. The smallest absolute Gasteiger partial charge is 0.258 e. The first kappa shape index (κ1) is 14.9. The van der Waals surface area contributed by atoms with E-state index in [9.17, 15) is 4.79 Å². The van der Waals surface area contributed by atoms with E-state index in [2.05, 4.69) is 5.32 Å². The first-order valence-corrected chi connectivity index (χ1v) is 7.83. The molecule has 1 amide bonds. The van der Waals surface area contributed by atoms with Crippen LogP contribution in [0.2, 0.25) is 5.02 Å². The fraction of sp³-hybridized carbons (Fsp3) is 0.278. The van der Waals surface area contributed by atoms with E-state index in [4.69, 9.17) is 16.3 Å². The van der Waals surface area contributed by atoms with E-state index in [0.29, 0.717) is 16.7 Å². The molecule has 1 saturated carbocycles. The lowest BCUT2D eigenvalue weighted by Gasteiger charge is -2.19. The van der Waals surface area contributed by atoms with E-state index < -0.39 is 0 Å². The molecule has 1 N–H and O–H groups in total. The number of benzene rings is 2. The maximum absolute atomic E-state index is 12.1. The van der Waals surface area contributed by atoms with Gasteiger partial charge in [-0.2, -0.15) is 0 Å². The lowest BCUT2D eigenvalue weighted by molar-refractivity contribution is -0.124. The van der Waals surface area contributed by atoms with Crippen LogP contribution in [0.3, 0.4) is 0 Å². The van der Waals surface area contributed by atoms with Gasteiger partial charge in [0.1, 0.15) is 5.75 Å². The summed E-state index contributed by atoms with van der Waals surface area (Å²) in [6.07, 6.45) is 2.29. The van der Waals surface area contributed by atoms with Crippen LogP contribution >= 0.6 is 11.6 Å². The van der Waals surface area contributed by atoms with Crippen molar-refractivity contribution in [3.63, 3.8) is 0 Å². The SMILES string of the molecule is O=C(COc1ccccc1)N[C@@H](c1ccc(Cl)cc1)C1CC1. The zero-order valence-corrected chi connectivity index (χ0v) is 12.9. The molecule has 0 unspecified atom stereocenters. The zero-order valence-electron chi connectivity index (χ0n) is 12.2. The van der Waals surface area contributed by atoms with Crippen LogP contribution in [-0.2, 0) is 4.79 Å². The lowest BCUT2D eigenvalue weighted by Crippen LogP contribution is -2.33. The average Bonchev–Trinajstić information content (AvgIpc) is 3.37. The second-order valence-electron chi connectivity index (χ2n) is 5.54. The van der Waals surface area contributed by atoms with Crippen molar-refractivity contribution in [2.45, 2.75) is 18.9 Å². The van der Waals surface area contributed by atoms with Crippen LogP contribution in [0.5, 0.6) is 5.75 Å². The van der Waals surface area contributed by atoms with Crippen molar-refractivity contribution in [1.29, 1.82) is 0 Å². The molecular formula is C18H18ClNO2. The van der Waals surface area contributed by atoms with Crippen molar-refractivity contribution in [3.8, 4) is 5.75 Å². The summed E-state index contributed by atoms with van der Waals surface area (Å²) in [5.41, 5.74) is 1.10. The molecule has 0 saturated heterocycles. The number of ether oxygens (including phenoxy) is 1. The standard InChI is InChI=1S/C18H18ClNO2/c19-15-10-8-14(9-11-15)18(13-6-7-13)20-17(21)12-22-16-4-2-1-3-5-16/h1-5,8-11,13,18H,6-7,12H2,(H,20,21)/t18-/m1/s1. The topological polar surface area (TPSA) is 38.3 Å². The third-order valence-corrected chi connectivity index (χ3v) is 4.00. The summed E-state index contributed by atoms with van der Waals surface area (Å²) in [5.74, 6) is 1.12. The maximum Gasteiger partial charge on any atom is 0.258 e. The number of nitrogens with one attached hydrogen (secondary N) is 1. The Kier molecular flexibility index (Phi) is 4.64. The fourth-order valence-electron chi connectivity index (χ4n) is 2.45. The summed E-state index contributed by atoms with van der Waals surface area (Å²) >= 11 is 5.93. The Balaban J connectivity index is 1.59. The molecule has 0 aliphatic heterocycles. The number of para-hydroxylation sites is 1. The highest BCUT2D eigenvalue weighted by atomic mass is 35.5. The van der Waals surface area contributed by atoms with Gasteiger partial charge in [0.05, 0.1) is 6.04 Å². The number of carbonyl (C=O) groups is 1. The van der Waals surface area contributed by atoms with E-state index in [1.54, 1.807) is 0 Å². The molecule has 3 nitrogen and oxygen atoms in total. The number of rotatable bonds is 6. The highest BCUT2D eigenvalue weighted by Gasteiger charge is 2.33. The average molecular weight is 316 g/mol. The van der Waals surface area contributed by atoms with Crippen LogP contribution in [0, 0.1) is 5.92 Å². The van der Waals surface area contributed by atoms with Crippen LogP contribution in [0.1, 0.15) is 24.4 Å². The molecule has 3 rings (SSSR count). The van der Waals surface area contributed by atoms with Crippen molar-refractivity contribution in [1.82, 2.24) is 5.32 Å². The number of halogens is 1. The first-order chi connectivity index (χ1) is 10.7. The molecule has 0 aromatic heterocycles. The van der Waals surface area contributed by atoms with Crippen molar-refractivity contribution < 1.29 is 9.53 Å². The fourth-order valence-corrected chi connectivity index (χ4v) is 2.58. The quantitative estimate of drug-likeness (QED) is 0.875. The maximum atomic E-state index is 12.1. The molecule has 2 aromatic rings. The molecule has 1 atom stereocenters. The van der Waals surface area contributed by atoms with Gasteiger partial charge in [-0.25, -0.2) is 0 Å². The summed E-state index contributed by atoms with van der Waals surface area (Å²) in [5, 5.41) is 3.78. The van der Waals surface area contributed by atoms with E-state index in [1.165, 1.54) is 0 Å². The van der Waals surface area contributed by atoms with Gasteiger partial charge in [0.15, 0.2) is 6.61 Å². The summed E-state index contributed by atoms with van der Waals surface area (Å²) in [4.78, 5) is 12.1. The van der Waals surface area contributed by atoms with Crippen molar-refractivity contribution in [2.24, 2.45) is 5.92 Å². The second kappa shape index (κ2) is 6.84. The third-order valence-electron chi connectivity index (χ3n) is 3.75. The zero-order chi connectivity index (χ0) is 15.4. The van der Waals surface area contributed by atoms with Gasteiger partial charge in [-0.3, -0.25) is 4.79 Å². The predicted octanol–water partition coefficient (Wildman–Crippen LogP) is 3.99. The minimum atomic E-state index is -0.101. The monoisotopic (exact) mass is 315 g/mol. The minimum Gasteiger partial charge on any atom is -0.484 e. The van der Waals surface area contributed by atoms with Crippen LogP contribution in [-0.4, -0.2) is 12.5 Å². The van der Waals surface area contributed by atoms with E-state index in [0.717, 1.165) is 18.4 Å². The van der Waals surface area contributed by atoms with Gasteiger partial charge < -0.3 is 10.1 Å². The van der Waals surface area contributed by atoms with Gasteiger partial charge in [-0.1, -0.05) is 41.9 Å². The third kappa shape index (κ3) is 4.01. The van der Waals surface area contributed by atoms with Gasteiger partial charge in [0.2, 0.25) is 0 Å². The first-order valence-electron chi connectivity index (χ1n) is 7.45. The van der Waals surface area contributed by atoms with Gasteiger partial charge >= 0.3 is 0 Å². The Bertz CT molecular complexity index is 623. The van der Waals surface area contributed by atoms with Crippen LogP contribution in [0.25, 0.3) is 0 Å². The van der Waals surface area contributed by atoms with Gasteiger partial charge in [-0.05, 0) is 48.6 Å². The molecule has 2 aromatic carbocycles. The highest BCUT2D eigenvalue weighted by molar-refractivity contribution is 6.30. The predicted molar refractivity (Wildman–Crippen MR) is 87.0 cm³/mol. The Morgan fingerprint density at radius 3 is 2.45 bits per heavy atom. The molecule has 0 spiro atoms. The Morgan fingerprint density at radius 2 is 1.82 bits per heavy atom. The van der Waals surface area contributed by atoms with Gasteiger partial charge in [-0.15, -0.1) is 0 Å². The Labute approximate surface area is 135 Å². The lowest BCUT2D eigenvalue weighted by atomic mass is 10.0. The van der Waals surface area contributed by atoms with Crippen molar-refractivity contribution in [3.05, 3.63) is 65.2 Å². The minimum absolute atomic E-state index is 0.0286. The number of hydrogen-bond acceptors (Lipinski definition) is 2. The summed E-state index contributed by atoms with van der Waals surface area (Å²) in [7, 11) is 0. The summed E-state index contributed by atoms with van der Waals surface area (Å²) < 4.78 is 5.49. The molecular weight excluding hydrogens is 298 g/mol. The molecule has 4 heteroatoms. The van der Waals surface area contributed by atoms with Gasteiger partial charge in [0, 0.05) is 5.02 Å². The number of amides is 1. The van der Waals surface area contributed by atoms with Crippen LogP contribution < -0.4 is 10.1 Å². The van der Waals surface area contributed by atoms with Crippen LogP contribution in [0.4, 0.5) is 0 Å². The largest absolute Gasteiger partial charge is 0.484 e.